The molecule has 0 aliphatic rings. The van der Waals surface area contributed by atoms with Crippen molar-refractivity contribution >= 4 is 16.9 Å². The number of carbonyl (C=O) groups excluding carboxylic acids is 1. The molecule has 2 aromatic carbocycles. The zero-order valence-corrected chi connectivity index (χ0v) is 16.2. The van der Waals surface area contributed by atoms with Crippen molar-refractivity contribution in [2.75, 3.05) is 7.11 Å². The van der Waals surface area contributed by atoms with E-state index in [4.69, 9.17) is 18.6 Å². The largest absolute Gasteiger partial charge is 0.497 e. The van der Waals surface area contributed by atoms with Crippen LogP contribution in [0.3, 0.4) is 0 Å². The van der Waals surface area contributed by atoms with E-state index in [1.165, 1.54) is 24.4 Å². The number of pyridine rings is 1. The van der Waals surface area contributed by atoms with Crippen LogP contribution < -0.4 is 19.6 Å². The Morgan fingerprint density at radius 3 is 2.43 bits per heavy atom. The quantitative estimate of drug-likeness (QED) is 0.358. The van der Waals surface area contributed by atoms with Gasteiger partial charge < -0.3 is 18.6 Å². The fourth-order valence-electron chi connectivity index (χ4n) is 2.86. The topological polar surface area (TPSA) is 87.9 Å². The number of aryl methyl sites for hydroxylation is 1. The summed E-state index contributed by atoms with van der Waals surface area (Å²) in [7, 11) is 1.57. The highest BCUT2D eigenvalue weighted by Crippen LogP contribution is 2.28. The van der Waals surface area contributed by atoms with Crippen LogP contribution in [0, 0.1) is 6.92 Å². The van der Waals surface area contributed by atoms with E-state index in [0.717, 1.165) is 0 Å². The van der Waals surface area contributed by atoms with Gasteiger partial charge in [0.2, 0.25) is 11.2 Å². The number of rotatable bonds is 5. The van der Waals surface area contributed by atoms with Crippen LogP contribution in [0.4, 0.5) is 0 Å². The number of carbonyl (C=O) groups is 1. The Bertz CT molecular complexity index is 1260. The molecule has 150 valence electrons. The zero-order valence-electron chi connectivity index (χ0n) is 16.2. The summed E-state index contributed by atoms with van der Waals surface area (Å²) in [6.45, 7) is 1.63. The molecule has 0 saturated carbocycles. The first-order valence-electron chi connectivity index (χ1n) is 9.07. The number of ether oxygens (including phenoxy) is 3. The second kappa shape index (κ2) is 8.08. The van der Waals surface area contributed by atoms with Gasteiger partial charge in [0, 0.05) is 18.5 Å². The van der Waals surface area contributed by atoms with Gasteiger partial charge in [-0.25, -0.2) is 4.79 Å². The molecule has 0 saturated heterocycles. The summed E-state index contributed by atoms with van der Waals surface area (Å²) in [6.07, 6.45) is 2.98. The molecule has 0 spiro atoms. The van der Waals surface area contributed by atoms with Crippen LogP contribution in [0.25, 0.3) is 11.0 Å². The molecule has 0 fully saturated rings. The SMILES string of the molecule is COc1ccc(Oc2c(C)oc3cc(OC(=O)c4cccnc4)ccc3c2=O)cc1. The van der Waals surface area contributed by atoms with Gasteiger partial charge in [-0.2, -0.15) is 0 Å². The number of esters is 1. The van der Waals surface area contributed by atoms with Crippen molar-refractivity contribution in [1.29, 1.82) is 0 Å². The first-order chi connectivity index (χ1) is 14.5. The van der Waals surface area contributed by atoms with Crippen LogP contribution in [0.1, 0.15) is 16.1 Å². The molecule has 4 rings (SSSR count). The maximum absolute atomic E-state index is 12.9. The van der Waals surface area contributed by atoms with E-state index in [9.17, 15) is 9.59 Å². The molecule has 0 unspecified atom stereocenters. The van der Waals surface area contributed by atoms with Gasteiger partial charge in [0.15, 0.2) is 0 Å². The van der Waals surface area contributed by atoms with Gasteiger partial charge in [0.25, 0.3) is 0 Å². The predicted molar refractivity (Wildman–Crippen MR) is 109 cm³/mol. The van der Waals surface area contributed by atoms with Crippen LogP contribution in [0.5, 0.6) is 23.0 Å². The fraction of sp³-hybridized carbons (Fsp3) is 0.0870. The molecule has 30 heavy (non-hydrogen) atoms. The van der Waals surface area contributed by atoms with E-state index in [2.05, 4.69) is 4.98 Å². The average molecular weight is 403 g/mol. The highest BCUT2D eigenvalue weighted by atomic mass is 16.5. The molecular weight excluding hydrogens is 386 g/mol. The summed E-state index contributed by atoms with van der Waals surface area (Å²) in [5.74, 6) is 1.25. The van der Waals surface area contributed by atoms with Gasteiger partial charge in [-0.05, 0) is 55.5 Å². The highest BCUT2D eigenvalue weighted by Gasteiger charge is 2.16. The normalized spacial score (nSPS) is 10.6. The third kappa shape index (κ3) is 3.86. The lowest BCUT2D eigenvalue weighted by molar-refractivity contribution is 0.0734. The molecule has 0 bridgehead atoms. The van der Waals surface area contributed by atoms with Crippen LogP contribution in [0.15, 0.2) is 76.2 Å². The van der Waals surface area contributed by atoms with Crippen molar-refractivity contribution in [2.24, 2.45) is 0 Å². The van der Waals surface area contributed by atoms with Crippen LogP contribution >= 0.6 is 0 Å². The summed E-state index contributed by atoms with van der Waals surface area (Å²) < 4.78 is 22.0. The third-order valence-corrected chi connectivity index (χ3v) is 4.37. The molecule has 7 nitrogen and oxygen atoms in total. The molecule has 0 aliphatic carbocycles. The molecule has 2 aromatic heterocycles. The molecule has 0 amide bonds. The minimum absolute atomic E-state index is 0.0905. The Balaban J connectivity index is 1.63. The van der Waals surface area contributed by atoms with Crippen molar-refractivity contribution in [3.8, 4) is 23.0 Å². The molecular formula is C23H17NO6. The maximum atomic E-state index is 12.9. The lowest BCUT2D eigenvalue weighted by Crippen LogP contribution is -2.10. The predicted octanol–water partition coefficient (Wildman–Crippen LogP) is 4.52. The monoisotopic (exact) mass is 403 g/mol. The van der Waals surface area contributed by atoms with Gasteiger partial charge in [-0.15, -0.1) is 0 Å². The van der Waals surface area contributed by atoms with Crippen LogP contribution in [-0.2, 0) is 0 Å². The molecule has 0 aliphatic heterocycles. The number of aromatic nitrogens is 1. The number of benzene rings is 2. The van der Waals surface area contributed by atoms with Gasteiger partial charge in [-0.3, -0.25) is 9.78 Å². The highest BCUT2D eigenvalue weighted by molar-refractivity contribution is 5.91. The maximum Gasteiger partial charge on any atom is 0.345 e. The third-order valence-electron chi connectivity index (χ3n) is 4.37. The number of nitrogens with zero attached hydrogens (tertiary/aromatic N) is 1. The molecule has 0 atom stereocenters. The van der Waals surface area contributed by atoms with Crippen LogP contribution in [0.2, 0.25) is 0 Å². The van der Waals surface area contributed by atoms with E-state index in [1.807, 2.05) is 0 Å². The molecule has 4 aromatic rings. The van der Waals surface area contributed by atoms with E-state index < -0.39 is 5.97 Å². The molecule has 0 N–H and O–H groups in total. The van der Waals surface area contributed by atoms with E-state index >= 15 is 0 Å². The fourth-order valence-corrected chi connectivity index (χ4v) is 2.86. The smallest absolute Gasteiger partial charge is 0.345 e. The van der Waals surface area contributed by atoms with Crippen molar-refractivity contribution in [1.82, 2.24) is 4.98 Å². The first kappa shape index (κ1) is 19.2. The average Bonchev–Trinajstić information content (AvgIpc) is 2.77. The summed E-state index contributed by atoms with van der Waals surface area (Å²) in [4.78, 5) is 29.0. The van der Waals surface area contributed by atoms with E-state index in [1.54, 1.807) is 56.6 Å². The number of hydrogen-bond donors (Lipinski definition) is 0. The zero-order chi connectivity index (χ0) is 21.1. The van der Waals surface area contributed by atoms with E-state index in [0.29, 0.717) is 28.2 Å². The summed E-state index contributed by atoms with van der Waals surface area (Å²) in [5.41, 5.74) is 0.282. The lowest BCUT2D eigenvalue weighted by Gasteiger charge is -2.10. The minimum atomic E-state index is -0.555. The van der Waals surface area contributed by atoms with Gasteiger partial charge >= 0.3 is 5.97 Å². The Morgan fingerprint density at radius 2 is 1.73 bits per heavy atom. The molecule has 2 heterocycles. The summed E-state index contributed by atoms with van der Waals surface area (Å²) >= 11 is 0. The standard InChI is InChI=1S/C23H17NO6/c1-14-22(29-17-7-5-16(27-2)6-8-17)21(25)19-10-9-18(12-20(19)28-14)30-23(26)15-4-3-11-24-13-15/h3-13H,1-2H3. The van der Waals surface area contributed by atoms with Crippen LogP contribution in [-0.4, -0.2) is 18.1 Å². The number of methoxy groups -OCH3 is 1. The Morgan fingerprint density at radius 1 is 1.00 bits per heavy atom. The second-order valence-electron chi connectivity index (χ2n) is 6.38. The van der Waals surface area contributed by atoms with Crippen molar-refractivity contribution in [3.63, 3.8) is 0 Å². The number of hydrogen-bond acceptors (Lipinski definition) is 7. The minimum Gasteiger partial charge on any atom is -0.497 e. The van der Waals surface area contributed by atoms with Crippen molar-refractivity contribution in [2.45, 2.75) is 6.92 Å². The van der Waals surface area contributed by atoms with Gasteiger partial charge in [0.1, 0.15) is 28.6 Å². The number of fused-ring (bicyclic) bond motifs is 1. The first-order valence-corrected chi connectivity index (χ1v) is 9.07. The van der Waals surface area contributed by atoms with E-state index in [-0.39, 0.29) is 22.5 Å². The van der Waals surface area contributed by atoms with Crippen molar-refractivity contribution in [3.05, 3.63) is 88.5 Å². The van der Waals surface area contributed by atoms with Crippen molar-refractivity contribution < 1.29 is 23.4 Å². The Kier molecular flexibility index (Phi) is 5.17. The van der Waals surface area contributed by atoms with Gasteiger partial charge in [-0.1, -0.05) is 0 Å². The Labute approximate surface area is 171 Å². The molecule has 7 heteroatoms. The second-order valence-corrected chi connectivity index (χ2v) is 6.38. The summed E-state index contributed by atoms with van der Waals surface area (Å²) in [6, 6.07) is 14.7. The van der Waals surface area contributed by atoms with Gasteiger partial charge in [0.05, 0.1) is 18.1 Å². The summed E-state index contributed by atoms with van der Waals surface area (Å²) in [5, 5.41) is 0.310. The Hall–Kier alpha value is -4.13. The lowest BCUT2D eigenvalue weighted by atomic mass is 10.2. The molecule has 0 radical (unpaired) electrons.